The molecule has 0 aliphatic carbocycles. The predicted molar refractivity (Wildman–Crippen MR) is 73.3 cm³/mol. The van der Waals surface area contributed by atoms with E-state index < -0.39 is 33.0 Å². The molecule has 0 aliphatic heterocycles. The molecule has 0 aromatic heterocycles. The van der Waals surface area contributed by atoms with Crippen molar-refractivity contribution in [3.8, 4) is 0 Å². The quantitative estimate of drug-likeness (QED) is 0.847. The van der Waals surface area contributed by atoms with Gasteiger partial charge in [-0.15, -0.1) is 0 Å². The summed E-state index contributed by atoms with van der Waals surface area (Å²) in [6, 6.07) is 4.65. The lowest BCUT2D eigenvalue weighted by molar-refractivity contribution is -0.138. The molecule has 110 valence electrons. The van der Waals surface area contributed by atoms with Gasteiger partial charge in [-0.2, -0.15) is 0 Å². The van der Waals surface area contributed by atoms with Crippen LogP contribution >= 0.6 is 0 Å². The summed E-state index contributed by atoms with van der Waals surface area (Å²) >= 11 is 0. The average Bonchev–Trinajstić information content (AvgIpc) is 2.38. The van der Waals surface area contributed by atoms with Gasteiger partial charge in [-0.05, 0) is 32.9 Å². The Morgan fingerprint density at radius 2 is 1.70 bits per heavy atom. The van der Waals surface area contributed by atoms with E-state index in [2.05, 4.69) is 5.32 Å². The molecule has 20 heavy (non-hydrogen) atoms. The topological polar surface area (TPSA) is 101 Å². The summed E-state index contributed by atoms with van der Waals surface area (Å²) in [7, 11) is -3.62. The Balaban J connectivity index is 3.21. The Bertz CT molecular complexity index is 621. The molecule has 1 amide bonds. The molecule has 0 aliphatic rings. The molecule has 1 atom stereocenters. The van der Waals surface area contributed by atoms with Crippen molar-refractivity contribution in [2.24, 2.45) is 0 Å². The summed E-state index contributed by atoms with van der Waals surface area (Å²) in [5.41, 5.74) is -0.0469. The van der Waals surface area contributed by atoms with Crippen LogP contribution in [0.2, 0.25) is 0 Å². The number of hydrogen-bond acceptors (Lipinski definition) is 4. The van der Waals surface area contributed by atoms with Crippen molar-refractivity contribution in [3.05, 3.63) is 29.8 Å². The Morgan fingerprint density at radius 1 is 1.15 bits per heavy atom. The third kappa shape index (κ3) is 3.36. The fraction of sp³-hybridized carbons (Fsp3) is 0.385. The zero-order valence-electron chi connectivity index (χ0n) is 11.5. The van der Waals surface area contributed by atoms with E-state index in [0.29, 0.717) is 0 Å². The molecule has 2 N–H and O–H groups in total. The third-order valence-corrected chi connectivity index (χ3v) is 4.99. The molecule has 0 saturated heterocycles. The van der Waals surface area contributed by atoms with E-state index in [9.17, 15) is 18.0 Å². The maximum absolute atomic E-state index is 12.2. The largest absolute Gasteiger partial charge is 0.480 e. The molecule has 0 saturated carbocycles. The molecule has 0 heterocycles. The van der Waals surface area contributed by atoms with Crippen molar-refractivity contribution >= 4 is 21.7 Å². The SMILES string of the molecule is CC(C)S(=O)(=O)c1ccccc1C(=O)N[C@@H](C)C(=O)O. The second-order valence-electron chi connectivity index (χ2n) is 4.62. The lowest BCUT2D eigenvalue weighted by atomic mass is 10.2. The summed E-state index contributed by atoms with van der Waals surface area (Å²) in [6.07, 6.45) is 0. The number of sulfone groups is 1. The number of hydrogen-bond donors (Lipinski definition) is 2. The van der Waals surface area contributed by atoms with E-state index >= 15 is 0 Å². The fourth-order valence-corrected chi connectivity index (χ4v) is 2.74. The number of benzene rings is 1. The average molecular weight is 299 g/mol. The van der Waals surface area contributed by atoms with Crippen LogP contribution in [0.15, 0.2) is 29.2 Å². The van der Waals surface area contributed by atoms with E-state index in [4.69, 9.17) is 5.11 Å². The van der Waals surface area contributed by atoms with Crippen LogP contribution in [0, 0.1) is 0 Å². The highest BCUT2D eigenvalue weighted by molar-refractivity contribution is 7.92. The summed E-state index contributed by atoms with van der Waals surface area (Å²) < 4.78 is 24.4. The van der Waals surface area contributed by atoms with Crippen LogP contribution in [0.1, 0.15) is 31.1 Å². The highest BCUT2D eigenvalue weighted by Crippen LogP contribution is 2.20. The van der Waals surface area contributed by atoms with Gasteiger partial charge in [0.05, 0.1) is 15.7 Å². The number of carbonyl (C=O) groups is 2. The van der Waals surface area contributed by atoms with Crippen LogP contribution in [0.4, 0.5) is 0 Å². The number of carbonyl (C=O) groups excluding carboxylic acids is 1. The number of amides is 1. The molecule has 0 spiro atoms. The summed E-state index contributed by atoms with van der Waals surface area (Å²) in [5.74, 6) is -1.91. The molecular weight excluding hydrogens is 282 g/mol. The first-order chi connectivity index (χ1) is 9.17. The van der Waals surface area contributed by atoms with E-state index in [-0.39, 0.29) is 10.5 Å². The van der Waals surface area contributed by atoms with Crippen molar-refractivity contribution < 1.29 is 23.1 Å². The van der Waals surface area contributed by atoms with Gasteiger partial charge in [-0.25, -0.2) is 8.42 Å². The highest BCUT2D eigenvalue weighted by Gasteiger charge is 2.26. The fourth-order valence-electron chi connectivity index (χ4n) is 1.49. The standard InChI is InChI=1S/C13H17NO5S/c1-8(2)20(18,19)11-7-5-4-6-10(11)12(15)14-9(3)13(16)17/h4-9H,1-3H3,(H,14,15)(H,16,17)/t9-/m0/s1. The molecule has 1 aromatic rings. The maximum Gasteiger partial charge on any atom is 0.325 e. The first kappa shape index (κ1) is 16.2. The van der Waals surface area contributed by atoms with Crippen LogP contribution in [0.5, 0.6) is 0 Å². The number of nitrogens with one attached hydrogen (secondary N) is 1. The van der Waals surface area contributed by atoms with Crippen molar-refractivity contribution in [2.75, 3.05) is 0 Å². The number of aliphatic carboxylic acids is 1. The highest BCUT2D eigenvalue weighted by atomic mass is 32.2. The number of carboxylic acids is 1. The molecule has 0 radical (unpaired) electrons. The minimum atomic E-state index is -3.62. The molecular formula is C13H17NO5S. The van der Waals surface area contributed by atoms with Crippen LogP contribution in [0.3, 0.4) is 0 Å². The second kappa shape index (κ2) is 6.04. The van der Waals surface area contributed by atoms with E-state index in [1.807, 2.05) is 0 Å². The van der Waals surface area contributed by atoms with Gasteiger partial charge in [-0.1, -0.05) is 12.1 Å². The number of carboxylic acid groups (broad SMARTS) is 1. The molecule has 7 heteroatoms. The van der Waals surface area contributed by atoms with Gasteiger partial charge in [0.1, 0.15) is 6.04 Å². The summed E-state index contributed by atoms with van der Waals surface area (Å²) in [4.78, 5) is 22.6. The van der Waals surface area contributed by atoms with E-state index in [1.165, 1.54) is 45.0 Å². The normalized spacial score (nSPS) is 13.0. The van der Waals surface area contributed by atoms with E-state index in [1.54, 1.807) is 0 Å². The van der Waals surface area contributed by atoms with Crippen molar-refractivity contribution in [3.63, 3.8) is 0 Å². The summed E-state index contributed by atoms with van der Waals surface area (Å²) in [6.45, 7) is 4.34. The Morgan fingerprint density at radius 3 is 2.20 bits per heavy atom. The minimum Gasteiger partial charge on any atom is -0.480 e. The predicted octanol–water partition coefficient (Wildman–Crippen LogP) is 1.07. The van der Waals surface area contributed by atoms with E-state index in [0.717, 1.165) is 0 Å². The molecule has 0 fully saturated rings. The van der Waals surface area contributed by atoms with Crippen LogP contribution in [-0.4, -0.2) is 36.7 Å². The Kier molecular flexibility index (Phi) is 4.88. The summed E-state index contributed by atoms with van der Waals surface area (Å²) in [5, 5.41) is 10.3. The lowest BCUT2D eigenvalue weighted by Crippen LogP contribution is -2.39. The second-order valence-corrected chi connectivity index (χ2v) is 7.10. The molecule has 6 nitrogen and oxygen atoms in total. The lowest BCUT2D eigenvalue weighted by Gasteiger charge is -2.14. The zero-order valence-corrected chi connectivity index (χ0v) is 12.3. The minimum absolute atomic E-state index is 0.0469. The molecule has 0 bridgehead atoms. The monoisotopic (exact) mass is 299 g/mol. The van der Waals surface area contributed by atoms with Gasteiger partial charge in [0.2, 0.25) is 0 Å². The first-order valence-electron chi connectivity index (χ1n) is 6.04. The molecule has 1 aromatic carbocycles. The third-order valence-electron chi connectivity index (χ3n) is 2.78. The van der Waals surface area contributed by atoms with Gasteiger partial charge >= 0.3 is 5.97 Å². The zero-order chi connectivity index (χ0) is 15.5. The van der Waals surface area contributed by atoms with Crippen LogP contribution < -0.4 is 5.32 Å². The van der Waals surface area contributed by atoms with Gasteiger partial charge in [0.25, 0.3) is 5.91 Å². The van der Waals surface area contributed by atoms with Crippen LogP contribution in [0.25, 0.3) is 0 Å². The Labute approximate surface area is 117 Å². The van der Waals surface area contributed by atoms with Crippen molar-refractivity contribution in [1.82, 2.24) is 5.32 Å². The van der Waals surface area contributed by atoms with Gasteiger partial charge in [-0.3, -0.25) is 9.59 Å². The van der Waals surface area contributed by atoms with Crippen molar-refractivity contribution in [1.29, 1.82) is 0 Å². The first-order valence-corrected chi connectivity index (χ1v) is 7.59. The molecule has 0 unspecified atom stereocenters. The van der Waals surface area contributed by atoms with Gasteiger partial charge < -0.3 is 10.4 Å². The van der Waals surface area contributed by atoms with Gasteiger partial charge in [0, 0.05) is 0 Å². The molecule has 1 rings (SSSR count). The Hall–Kier alpha value is -1.89. The smallest absolute Gasteiger partial charge is 0.325 e. The van der Waals surface area contributed by atoms with Gasteiger partial charge in [0.15, 0.2) is 9.84 Å². The number of rotatable bonds is 5. The van der Waals surface area contributed by atoms with Crippen molar-refractivity contribution in [2.45, 2.75) is 37.0 Å². The maximum atomic E-state index is 12.2. The van der Waals surface area contributed by atoms with Crippen LogP contribution in [-0.2, 0) is 14.6 Å².